The first-order chi connectivity index (χ1) is 10.5. The molecule has 2 aromatic heterocycles. The van der Waals surface area contributed by atoms with Gasteiger partial charge in [0.25, 0.3) is 0 Å². The highest BCUT2D eigenvalue weighted by atomic mass is 19.4. The lowest BCUT2D eigenvalue weighted by Crippen LogP contribution is -2.38. The normalized spacial score (nSPS) is 22.5. The van der Waals surface area contributed by atoms with Gasteiger partial charge in [-0.15, -0.1) is 0 Å². The van der Waals surface area contributed by atoms with Crippen LogP contribution in [0.15, 0.2) is 24.9 Å². The van der Waals surface area contributed by atoms with Crippen molar-refractivity contribution in [1.29, 1.82) is 0 Å². The third-order valence-corrected chi connectivity index (χ3v) is 3.61. The molecule has 0 aliphatic carbocycles. The summed E-state index contributed by atoms with van der Waals surface area (Å²) in [6.07, 6.45) is 2.16. The number of rotatable bonds is 3. The third kappa shape index (κ3) is 3.35. The second-order valence-electron chi connectivity index (χ2n) is 5.17. The Morgan fingerprint density at radius 3 is 2.59 bits per heavy atom. The van der Waals surface area contributed by atoms with Gasteiger partial charge >= 0.3 is 6.18 Å². The van der Waals surface area contributed by atoms with Crippen LogP contribution in [0.1, 0.15) is 30.1 Å². The summed E-state index contributed by atoms with van der Waals surface area (Å²) in [7, 11) is 0. The molecule has 3 rings (SSSR count). The molecule has 2 atom stereocenters. The van der Waals surface area contributed by atoms with Crippen molar-refractivity contribution in [3.05, 3.63) is 36.2 Å². The van der Waals surface area contributed by atoms with Crippen molar-refractivity contribution in [2.45, 2.75) is 31.1 Å². The van der Waals surface area contributed by atoms with Gasteiger partial charge in [-0.2, -0.15) is 13.2 Å². The van der Waals surface area contributed by atoms with Crippen LogP contribution in [0.25, 0.3) is 0 Å². The van der Waals surface area contributed by atoms with Crippen LogP contribution in [0.4, 0.5) is 19.1 Å². The molecular weight excluding hydrogens is 297 g/mol. The molecule has 118 valence electrons. The van der Waals surface area contributed by atoms with Gasteiger partial charge in [0.1, 0.15) is 0 Å². The van der Waals surface area contributed by atoms with E-state index in [2.05, 4.69) is 30.6 Å². The van der Waals surface area contributed by atoms with E-state index >= 15 is 0 Å². The van der Waals surface area contributed by atoms with Gasteiger partial charge in [-0.1, -0.05) is 0 Å². The van der Waals surface area contributed by atoms with Crippen molar-refractivity contribution >= 4 is 5.95 Å². The molecule has 3 heterocycles. The van der Waals surface area contributed by atoms with Gasteiger partial charge in [0.15, 0.2) is 0 Å². The number of piperidine rings is 1. The second-order valence-corrected chi connectivity index (χ2v) is 5.17. The van der Waals surface area contributed by atoms with Gasteiger partial charge in [-0.25, -0.2) is 15.0 Å². The number of imidazole rings is 1. The fourth-order valence-electron chi connectivity index (χ4n) is 2.47. The molecule has 1 fully saturated rings. The number of alkyl halides is 3. The zero-order chi connectivity index (χ0) is 15.6. The molecule has 1 saturated heterocycles. The minimum absolute atomic E-state index is 0.0892. The minimum atomic E-state index is -4.42. The Bertz CT molecular complexity index is 595. The number of nitrogens with zero attached hydrogens (tertiary/aromatic N) is 3. The van der Waals surface area contributed by atoms with Gasteiger partial charge in [-0.05, 0) is 19.4 Å². The number of aromatic nitrogens is 4. The number of nitrogens with one attached hydrogen (secondary N) is 3. The predicted octanol–water partition coefficient (Wildman–Crippen LogP) is 2.12. The molecule has 1 aliphatic rings. The van der Waals surface area contributed by atoms with Crippen molar-refractivity contribution in [2.24, 2.45) is 0 Å². The Morgan fingerprint density at radius 1 is 1.18 bits per heavy atom. The Hall–Kier alpha value is -2.16. The molecule has 3 N–H and O–H groups in total. The Kier molecular flexibility index (Phi) is 3.97. The molecule has 0 spiro atoms. The van der Waals surface area contributed by atoms with Crippen molar-refractivity contribution < 1.29 is 13.2 Å². The third-order valence-electron chi connectivity index (χ3n) is 3.61. The van der Waals surface area contributed by atoms with E-state index in [1.54, 1.807) is 12.5 Å². The summed E-state index contributed by atoms with van der Waals surface area (Å²) in [6, 6.07) is 0.217. The van der Waals surface area contributed by atoms with Crippen LogP contribution >= 0.6 is 0 Å². The Morgan fingerprint density at radius 2 is 1.95 bits per heavy atom. The van der Waals surface area contributed by atoms with Crippen LogP contribution in [0.2, 0.25) is 0 Å². The summed E-state index contributed by atoms with van der Waals surface area (Å²) < 4.78 is 37.4. The zero-order valence-corrected chi connectivity index (χ0v) is 11.6. The standard InChI is InChI=1S/C13H15F3N6/c14-13(15,16)8-4-19-12(20-5-8)22-9-1-2-18-10(3-9)11-6-17-7-21-11/h4-7,9-10,18H,1-3H2,(H,17,21)(H,19,20,22). The van der Waals surface area contributed by atoms with Crippen molar-refractivity contribution in [1.82, 2.24) is 25.3 Å². The topological polar surface area (TPSA) is 78.5 Å². The summed E-state index contributed by atoms with van der Waals surface area (Å²) in [5.74, 6) is 0.211. The lowest BCUT2D eigenvalue weighted by molar-refractivity contribution is -0.138. The fraction of sp³-hybridized carbons (Fsp3) is 0.462. The van der Waals surface area contributed by atoms with Crippen LogP contribution in [0, 0.1) is 0 Å². The maximum absolute atomic E-state index is 12.5. The second kappa shape index (κ2) is 5.91. The molecular formula is C13H15F3N6. The molecule has 0 aromatic carbocycles. The molecule has 0 saturated carbocycles. The first-order valence-corrected chi connectivity index (χ1v) is 6.90. The molecule has 22 heavy (non-hydrogen) atoms. The summed E-state index contributed by atoms with van der Waals surface area (Å²) in [6.45, 7) is 0.794. The highest BCUT2D eigenvalue weighted by Crippen LogP contribution is 2.28. The lowest BCUT2D eigenvalue weighted by Gasteiger charge is -2.30. The molecule has 6 nitrogen and oxygen atoms in total. The van der Waals surface area contributed by atoms with E-state index in [0.717, 1.165) is 37.5 Å². The minimum Gasteiger partial charge on any atom is -0.351 e. The van der Waals surface area contributed by atoms with E-state index in [9.17, 15) is 13.2 Å². The summed E-state index contributed by atoms with van der Waals surface area (Å²) >= 11 is 0. The molecule has 0 bridgehead atoms. The van der Waals surface area contributed by atoms with Gasteiger partial charge in [0, 0.05) is 24.6 Å². The molecule has 2 aromatic rings. The van der Waals surface area contributed by atoms with Crippen molar-refractivity contribution in [3.8, 4) is 0 Å². The summed E-state index contributed by atoms with van der Waals surface area (Å²) in [4.78, 5) is 14.5. The van der Waals surface area contributed by atoms with Crippen molar-refractivity contribution in [2.75, 3.05) is 11.9 Å². The monoisotopic (exact) mass is 312 g/mol. The van der Waals surface area contributed by atoms with E-state index in [0.29, 0.717) is 0 Å². The van der Waals surface area contributed by atoms with E-state index in [4.69, 9.17) is 0 Å². The first kappa shape index (κ1) is 14.8. The maximum atomic E-state index is 12.5. The molecule has 0 radical (unpaired) electrons. The van der Waals surface area contributed by atoms with Crippen LogP contribution in [0.3, 0.4) is 0 Å². The van der Waals surface area contributed by atoms with Crippen LogP contribution in [-0.4, -0.2) is 32.5 Å². The highest BCUT2D eigenvalue weighted by molar-refractivity contribution is 5.28. The average molecular weight is 312 g/mol. The van der Waals surface area contributed by atoms with Gasteiger partial charge < -0.3 is 15.6 Å². The number of H-pyrrole nitrogens is 1. The molecule has 9 heteroatoms. The number of hydrogen-bond donors (Lipinski definition) is 3. The van der Waals surface area contributed by atoms with Crippen molar-refractivity contribution in [3.63, 3.8) is 0 Å². The quantitative estimate of drug-likeness (QED) is 0.809. The smallest absolute Gasteiger partial charge is 0.351 e. The van der Waals surface area contributed by atoms with Crippen LogP contribution in [0.5, 0.6) is 0 Å². The molecule has 0 amide bonds. The predicted molar refractivity (Wildman–Crippen MR) is 73.0 cm³/mol. The average Bonchev–Trinajstić information content (AvgIpc) is 3.01. The highest BCUT2D eigenvalue weighted by Gasteiger charge is 2.31. The Labute approximate surface area is 124 Å². The van der Waals surface area contributed by atoms with Gasteiger partial charge in [0.05, 0.1) is 23.6 Å². The van der Waals surface area contributed by atoms with E-state index in [1.165, 1.54) is 0 Å². The summed E-state index contributed by atoms with van der Waals surface area (Å²) in [5.41, 5.74) is 0.138. The number of hydrogen-bond acceptors (Lipinski definition) is 5. The van der Waals surface area contributed by atoms with E-state index in [1.807, 2.05) is 0 Å². The molecule has 1 aliphatic heterocycles. The fourth-order valence-corrected chi connectivity index (χ4v) is 2.47. The van der Waals surface area contributed by atoms with Crippen LogP contribution < -0.4 is 10.6 Å². The number of anilines is 1. The largest absolute Gasteiger partial charge is 0.419 e. The lowest BCUT2D eigenvalue weighted by atomic mass is 9.97. The zero-order valence-electron chi connectivity index (χ0n) is 11.6. The van der Waals surface area contributed by atoms with E-state index < -0.39 is 11.7 Å². The van der Waals surface area contributed by atoms with E-state index in [-0.39, 0.29) is 18.0 Å². The summed E-state index contributed by atoms with van der Waals surface area (Å²) in [5, 5.41) is 6.45. The maximum Gasteiger partial charge on any atom is 0.419 e. The van der Waals surface area contributed by atoms with Crippen LogP contribution in [-0.2, 0) is 6.18 Å². The SMILES string of the molecule is FC(F)(F)c1cnc(NC2CCNC(c3cnc[nH]3)C2)nc1. The number of aromatic amines is 1. The van der Waals surface area contributed by atoms with Gasteiger partial charge in [-0.3, -0.25) is 0 Å². The number of halogens is 3. The van der Waals surface area contributed by atoms with Gasteiger partial charge in [0.2, 0.25) is 5.95 Å². The Balaban J connectivity index is 1.63. The molecule has 2 unspecified atom stereocenters. The first-order valence-electron chi connectivity index (χ1n) is 6.90.